The summed E-state index contributed by atoms with van der Waals surface area (Å²) in [5.74, 6) is -1.72. The number of nitrogens with zero attached hydrogens (tertiary/aromatic N) is 6. The molecule has 3 atom stereocenters. The van der Waals surface area contributed by atoms with E-state index in [1.54, 1.807) is 7.05 Å². The molecular formula is C57H70N8O5. The minimum atomic E-state index is -1.02. The first-order valence-electron chi connectivity index (χ1n) is 25.2. The first-order chi connectivity index (χ1) is 33.4. The van der Waals surface area contributed by atoms with Crippen molar-refractivity contribution in [1.82, 2.24) is 30.2 Å². The van der Waals surface area contributed by atoms with Crippen molar-refractivity contribution in [3.8, 4) is 22.4 Å². The Balaban J connectivity index is 1.11. The highest BCUT2D eigenvalue weighted by Gasteiger charge is 2.42. The molecule has 2 aliphatic heterocycles. The van der Waals surface area contributed by atoms with E-state index in [0.717, 1.165) is 67.9 Å². The average Bonchev–Trinajstić information content (AvgIpc) is 3.62. The number of esters is 1. The van der Waals surface area contributed by atoms with Crippen molar-refractivity contribution in [2.75, 3.05) is 20.2 Å². The van der Waals surface area contributed by atoms with Gasteiger partial charge in [0.1, 0.15) is 18.1 Å². The van der Waals surface area contributed by atoms with Gasteiger partial charge in [-0.1, -0.05) is 90.1 Å². The van der Waals surface area contributed by atoms with Crippen LogP contribution in [0.3, 0.4) is 0 Å². The lowest BCUT2D eigenvalue weighted by Gasteiger charge is -2.39. The highest BCUT2D eigenvalue weighted by Crippen LogP contribution is 2.42. The van der Waals surface area contributed by atoms with Gasteiger partial charge in [-0.15, -0.1) is 0 Å². The van der Waals surface area contributed by atoms with E-state index in [1.165, 1.54) is 15.5 Å². The molecule has 2 fully saturated rings. The number of aromatic nitrogens is 2. The number of ether oxygens (including phenoxy) is 1. The van der Waals surface area contributed by atoms with Crippen molar-refractivity contribution in [2.24, 2.45) is 27.2 Å². The number of nitrogens with one attached hydrogen (secondary N) is 2. The van der Waals surface area contributed by atoms with Crippen molar-refractivity contribution in [1.29, 1.82) is 0 Å². The topological polar surface area (TPSA) is 151 Å². The van der Waals surface area contributed by atoms with E-state index in [1.807, 2.05) is 70.3 Å². The SMILES string of the molecule is CCn1c(-c2cccnc2C(C)C)c2c3cc(ccc31)-c1cccc(c1)C[C@H](NC(=O)[C@H](C(C)C)N(C)C(=O)[C@H]1C[C@H](N=C=Nc3c(C)cccc3C)C1)C(=O)N1CCC[C@H](N1)C(=O)OCC(C)(C)C2. The van der Waals surface area contributed by atoms with E-state index in [-0.39, 0.29) is 48.6 Å². The largest absolute Gasteiger partial charge is 0.464 e. The van der Waals surface area contributed by atoms with Gasteiger partial charge in [-0.05, 0) is 122 Å². The van der Waals surface area contributed by atoms with Crippen molar-refractivity contribution in [3.63, 3.8) is 0 Å². The van der Waals surface area contributed by atoms with Crippen LogP contribution in [0.1, 0.15) is 108 Å². The summed E-state index contributed by atoms with van der Waals surface area (Å²) < 4.78 is 8.54. The van der Waals surface area contributed by atoms with Crippen LogP contribution in [-0.2, 0) is 43.3 Å². The number of para-hydroxylation sites is 1. The predicted octanol–water partition coefficient (Wildman–Crippen LogP) is 9.55. The van der Waals surface area contributed by atoms with Gasteiger partial charge >= 0.3 is 5.97 Å². The highest BCUT2D eigenvalue weighted by molar-refractivity contribution is 5.96. The van der Waals surface area contributed by atoms with Gasteiger partial charge in [-0.2, -0.15) is 4.99 Å². The zero-order valence-corrected chi connectivity index (χ0v) is 42.6. The smallest absolute Gasteiger partial charge is 0.324 e. The number of carbonyl (C=O) groups is 4. The van der Waals surface area contributed by atoms with E-state index < -0.39 is 35.4 Å². The minimum absolute atomic E-state index is 0.0874. The summed E-state index contributed by atoms with van der Waals surface area (Å²) >= 11 is 0. The van der Waals surface area contributed by atoms with Gasteiger partial charge in [0.2, 0.25) is 11.8 Å². The van der Waals surface area contributed by atoms with E-state index in [9.17, 15) is 19.2 Å². The summed E-state index contributed by atoms with van der Waals surface area (Å²) in [7, 11) is 1.67. The molecule has 0 radical (unpaired) electrons. The number of likely N-dealkylation sites (N-methyl/N-ethyl adjacent to an activating group) is 1. The van der Waals surface area contributed by atoms with E-state index in [0.29, 0.717) is 38.6 Å². The van der Waals surface area contributed by atoms with E-state index in [2.05, 4.69) is 102 Å². The number of hydrogen-bond donors (Lipinski definition) is 2. The maximum absolute atomic E-state index is 14.8. The Morgan fingerprint density at radius 2 is 1.71 bits per heavy atom. The van der Waals surface area contributed by atoms with Crippen LogP contribution in [0.15, 0.2) is 89.0 Å². The lowest BCUT2D eigenvalue weighted by molar-refractivity contribution is -0.155. The number of hydrazine groups is 1. The van der Waals surface area contributed by atoms with Gasteiger partial charge in [-0.3, -0.25) is 29.2 Å². The summed E-state index contributed by atoms with van der Waals surface area (Å²) in [6.07, 6.45) is 4.81. The number of rotatable bonds is 10. The van der Waals surface area contributed by atoms with E-state index >= 15 is 0 Å². The molecule has 70 heavy (non-hydrogen) atoms. The fraction of sp³-hybridized carbons (Fsp3) is 0.474. The van der Waals surface area contributed by atoms with Crippen molar-refractivity contribution < 1.29 is 23.9 Å². The Hall–Kier alpha value is -6.43. The van der Waals surface area contributed by atoms with Gasteiger partial charge < -0.3 is 19.5 Å². The Morgan fingerprint density at radius 1 is 0.986 bits per heavy atom. The fourth-order valence-electron chi connectivity index (χ4n) is 10.7. The Kier molecular flexibility index (Phi) is 14.9. The van der Waals surface area contributed by atoms with Crippen LogP contribution in [0, 0.1) is 31.1 Å². The molecule has 1 saturated heterocycles. The quantitative estimate of drug-likeness (QED) is 0.105. The second-order valence-electron chi connectivity index (χ2n) is 21.2. The Morgan fingerprint density at radius 3 is 2.43 bits per heavy atom. The molecule has 4 heterocycles. The van der Waals surface area contributed by atoms with Crippen LogP contribution in [0.2, 0.25) is 0 Å². The van der Waals surface area contributed by atoms with Crippen LogP contribution in [0.5, 0.6) is 0 Å². The third kappa shape index (κ3) is 10.5. The normalized spacial score (nSPS) is 20.8. The first-order valence-corrected chi connectivity index (χ1v) is 25.2. The standard InChI is InChI=1S/C57H70N8O5/c1-11-64-48-23-22-40-30-44(48)45(52(64)43-20-14-24-58-49(43)34(2)3)31-57(8,9)32-70-56(69)46-21-15-25-65(62-46)55(68)47(27-38-18-13-19-39(40)26-38)61-53(66)51(35(4)5)63(10)54(67)41-28-42(29-41)59-33-60-50-36(6)16-12-17-37(50)7/h12-14,16-20,22-24,26,30,34-35,41-42,46-47,51,62H,11,15,21,25,27-29,31-32H2,1-10H3,(H,61,66)/t41-,42-,46-,47-,51-/m0/s1. The van der Waals surface area contributed by atoms with Gasteiger partial charge in [0.25, 0.3) is 5.91 Å². The molecule has 0 unspecified atom stereocenters. The van der Waals surface area contributed by atoms with Crippen molar-refractivity contribution in [2.45, 2.75) is 137 Å². The second kappa shape index (κ2) is 20.9. The highest BCUT2D eigenvalue weighted by atomic mass is 16.5. The number of amides is 3. The maximum Gasteiger partial charge on any atom is 0.324 e. The summed E-state index contributed by atoms with van der Waals surface area (Å²) in [5.41, 5.74) is 14.1. The van der Waals surface area contributed by atoms with Crippen LogP contribution in [0.4, 0.5) is 5.69 Å². The molecule has 6 bridgehead atoms. The number of aliphatic imine (C=N–C) groups is 2. The van der Waals surface area contributed by atoms with Crippen LogP contribution in [-0.4, -0.2) is 93.5 Å². The molecule has 5 aromatic rings. The number of hydrogen-bond acceptors (Lipinski definition) is 9. The molecule has 1 saturated carbocycles. The monoisotopic (exact) mass is 947 g/mol. The fourth-order valence-corrected chi connectivity index (χ4v) is 10.7. The molecule has 368 valence electrons. The lowest BCUT2D eigenvalue weighted by atomic mass is 9.79. The second-order valence-corrected chi connectivity index (χ2v) is 21.2. The molecule has 13 nitrogen and oxygen atoms in total. The third-order valence-electron chi connectivity index (χ3n) is 14.4. The molecule has 13 heteroatoms. The van der Waals surface area contributed by atoms with Gasteiger partial charge in [0, 0.05) is 60.6 Å². The molecular weight excluding hydrogens is 877 g/mol. The van der Waals surface area contributed by atoms with Crippen LogP contribution in [0.25, 0.3) is 33.3 Å². The Labute approximate surface area is 413 Å². The van der Waals surface area contributed by atoms with Crippen molar-refractivity contribution >= 4 is 46.3 Å². The van der Waals surface area contributed by atoms with Gasteiger partial charge in [0.05, 0.1) is 35.7 Å². The summed E-state index contributed by atoms with van der Waals surface area (Å²) in [4.78, 5) is 72.8. The van der Waals surface area contributed by atoms with Crippen LogP contribution >= 0.6 is 0 Å². The van der Waals surface area contributed by atoms with Crippen LogP contribution < -0.4 is 10.7 Å². The van der Waals surface area contributed by atoms with E-state index in [4.69, 9.17) is 9.72 Å². The van der Waals surface area contributed by atoms with Gasteiger partial charge in [0.15, 0.2) is 0 Å². The number of fused-ring (bicyclic) bond motifs is 6. The lowest BCUT2D eigenvalue weighted by Crippen LogP contribution is -2.62. The molecule has 1 aliphatic carbocycles. The predicted molar refractivity (Wildman–Crippen MR) is 276 cm³/mol. The molecule has 3 aromatic carbocycles. The molecule has 3 amide bonds. The molecule has 8 rings (SSSR count). The minimum Gasteiger partial charge on any atom is -0.464 e. The third-order valence-corrected chi connectivity index (χ3v) is 14.4. The number of aryl methyl sites for hydroxylation is 3. The summed E-state index contributed by atoms with van der Waals surface area (Å²) in [5, 5.41) is 5.70. The zero-order valence-electron chi connectivity index (χ0n) is 42.6. The van der Waals surface area contributed by atoms with Crippen molar-refractivity contribution in [3.05, 3.63) is 107 Å². The zero-order chi connectivity index (χ0) is 50.0. The maximum atomic E-state index is 14.8. The first kappa shape index (κ1) is 50.0. The molecule has 3 aliphatic rings. The summed E-state index contributed by atoms with van der Waals surface area (Å²) in [6.45, 7) is 19.9. The molecule has 2 aromatic heterocycles. The Bertz CT molecular complexity index is 2830. The average molecular weight is 947 g/mol. The van der Waals surface area contributed by atoms with Gasteiger partial charge in [-0.25, -0.2) is 10.4 Å². The summed E-state index contributed by atoms with van der Waals surface area (Å²) in [6, 6.07) is 25.1. The number of benzene rings is 3. The molecule has 2 N–H and O–H groups in total. The number of pyridine rings is 1. The number of cyclic esters (lactones) is 1. The number of carbonyl (C=O) groups excluding carboxylic acids is 4. The molecule has 0 spiro atoms.